The summed E-state index contributed by atoms with van der Waals surface area (Å²) >= 11 is 5.84. The largest absolute Gasteiger partial charge is 0.365 e. The van der Waals surface area contributed by atoms with Crippen molar-refractivity contribution >= 4 is 33.2 Å². The van der Waals surface area contributed by atoms with Gasteiger partial charge in [0.05, 0.1) is 17.7 Å². The molecule has 0 saturated carbocycles. The van der Waals surface area contributed by atoms with Gasteiger partial charge in [0.15, 0.2) is 15.7 Å². The fourth-order valence-corrected chi connectivity index (χ4v) is 4.15. The monoisotopic (exact) mass is 353 g/mol. The van der Waals surface area contributed by atoms with Crippen LogP contribution in [0.4, 0.5) is 11.8 Å². The highest BCUT2D eigenvalue weighted by atomic mass is 35.5. The lowest BCUT2D eigenvalue weighted by Gasteiger charge is -2.11. The van der Waals surface area contributed by atoms with Crippen molar-refractivity contribution < 1.29 is 8.42 Å². The van der Waals surface area contributed by atoms with Gasteiger partial charge in [-0.3, -0.25) is 0 Å². The van der Waals surface area contributed by atoms with Crippen molar-refractivity contribution in [2.45, 2.75) is 19.0 Å². The molecule has 7 nitrogen and oxygen atoms in total. The topological polar surface area (TPSA) is 96.9 Å². The third-order valence-corrected chi connectivity index (χ3v) is 5.53. The Morgan fingerprint density at radius 1 is 1.26 bits per heavy atom. The van der Waals surface area contributed by atoms with Crippen LogP contribution in [0.1, 0.15) is 12.0 Å². The van der Waals surface area contributed by atoms with Crippen LogP contribution in [0.25, 0.3) is 0 Å². The van der Waals surface area contributed by atoms with Crippen LogP contribution < -0.4 is 10.6 Å². The zero-order valence-electron chi connectivity index (χ0n) is 12.2. The minimum Gasteiger partial charge on any atom is -0.365 e. The van der Waals surface area contributed by atoms with Gasteiger partial charge >= 0.3 is 0 Å². The first-order valence-corrected chi connectivity index (χ1v) is 9.35. The van der Waals surface area contributed by atoms with E-state index in [1.807, 2.05) is 24.3 Å². The number of hydrogen-bond acceptors (Lipinski definition) is 7. The molecular weight excluding hydrogens is 338 g/mol. The molecule has 1 aliphatic rings. The van der Waals surface area contributed by atoms with Crippen molar-refractivity contribution in [2.24, 2.45) is 0 Å². The van der Waals surface area contributed by atoms with Gasteiger partial charge in [-0.15, -0.1) is 5.10 Å². The van der Waals surface area contributed by atoms with Crippen LogP contribution in [-0.2, 0) is 16.4 Å². The molecule has 1 unspecified atom stereocenters. The molecule has 1 aliphatic heterocycles. The second kappa shape index (κ2) is 6.67. The predicted octanol–water partition coefficient (Wildman–Crippen LogP) is 1.74. The van der Waals surface area contributed by atoms with E-state index in [0.717, 1.165) is 5.56 Å². The molecule has 1 aromatic heterocycles. The Kier molecular flexibility index (Phi) is 4.63. The summed E-state index contributed by atoms with van der Waals surface area (Å²) in [5.74, 6) is 1.24. The van der Waals surface area contributed by atoms with E-state index >= 15 is 0 Å². The first kappa shape index (κ1) is 15.9. The molecule has 1 fully saturated rings. The molecule has 0 aliphatic carbocycles. The number of aromatic nitrogens is 3. The molecular formula is C14H16ClN5O2S. The third-order valence-electron chi connectivity index (χ3n) is 3.51. The summed E-state index contributed by atoms with van der Waals surface area (Å²) in [5, 5.41) is 14.7. The van der Waals surface area contributed by atoms with Crippen LogP contribution in [0, 0.1) is 0 Å². The fraction of sp³-hybridized carbons (Fsp3) is 0.357. The highest BCUT2D eigenvalue weighted by Gasteiger charge is 2.28. The second-order valence-corrected chi connectivity index (χ2v) is 8.05. The van der Waals surface area contributed by atoms with Crippen LogP contribution >= 0.6 is 11.6 Å². The van der Waals surface area contributed by atoms with Gasteiger partial charge in [0.2, 0.25) is 5.95 Å². The Morgan fingerprint density at radius 2 is 2.04 bits per heavy atom. The molecule has 2 N–H and O–H groups in total. The zero-order chi connectivity index (χ0) is 16.3. The van der Waals surface area contributed by atoms with Crippen molar-refractivity contribution in [1.82, 2.24) is 15.2 Å². The molecule has 9 heteroatoms. The second-order valence-electron chi connectivity index (χ2n) is 5.39. The Hall–Kier alpha value is -1.93. The van der Waals surface area contributed by atoms with Crippen molar-refractivity contribution in [1.29, 1.82) is 0 Å². The molecule has 1 saturated heterocycles. The van der Waals surface area contributed by atoms with Gasteiger partial charge in [-0.05, 0) is 24.1 Å². The summed E-state index contributed by atoms with van der Waals surface area (Å²) < 4.78 is 22.9. The average molecular weight is 354 g/mol. The normalized spacial score (nSPS) is 19.4. The van der Waals surface area contributed by atoms with Crippen LogP contribution in [0.5, 0.6) is 0 Å². The average Bonchev–Trinajstić information content (AvgIpc) is 2.86. The van der Waals surface area contributed by atoms with E-state index in [1.54, 1.807) is 0 Å². The minimum absolute atomic E-state index is 0.124. The van der Waals surface area contributed by atoms with Gasteiger partial charge in [0, 0.05) is 17.6 Å². The van der Waals surface area contributed by atoms with E-state index in [-0.39, 0.29) is 17.5 Å². The number of anilines is 2. The van der Waals surface area contributed by atoms with Gasteiger partial charge < -0.3 is 10.6 Å². The molecule has 0 radical (unpaired) electrons. The summed E-state index contributed by atoms with van der Waals surface area (Å²) in [5.41, 5.74) is 1.04. The van der Waals surface area contributed by atoms with Gasteiger partial charge in [-0.25, -0.2) is 8.42 Å². The highest BCUT2D eigenvalue weighted by Crippen LogP contribution is 2.16. The van der Waals surface area contributed by atoms with Crippen molar-refractivity contribution in [3.63, 3.8) is 0 Å². The van der Waals surface area contributed by atoms with Crippen molar-refractivity contribution in [2.75, 3.05) is 22.1 Å². The van der Waals surface area contributed by atoms with E-state index in [2.05, 4.69) is 25.8 Å². The molecule has 3 rings (SSSR count). The number of benzene rings is 1. The lowest BCUT2D eigenvalue weighted by Crippen LogP contribution is -2.21. The number of sulfone groups is 1. The van der Waals surface area contributed by atoms with Crippen LogP contribution in [0.3, 0.4) is 0 Å². The first-order valence-electron chi connectivity index (χ1n) is 7.15. The molecule has 2 aromatic rings. The molecule has 0 spiro atoms. The highest BCUT2D eigenvalue weighted by molar-refractivity contribution is 7.91. The fourth-order valence-electron chi connectivity index (χ4n) is 2.35. The summed E-state index contributed by atoms with van der Waals surface area (Å²) in [4.78, 5) is 4.30. The summed E-state index contributed by atoms with van der Waals surface area (Å²) in [6.07, 6.45) is 2.07. The van der Waals surface area contributed by atoms with E-state index in [0.29, 0.717) is 29.8 Å². The minimum atomic E-state index is -2.93. The van der Waals surface area contributed by atoms with Crippen LogP contribution in [0.15, 0.2) is 30.5 Å². The van der Waals surface area contributed by atoms with Gasteiger partial charge in [0.1, 0.15) is 0 Å². The number of rotatable bonds is 5. The summed E-state index contributed by atoms with van der Waals surface area (Å²) in [6, 6.07) is 7.33. The molecule has 0 amide bonds. The lowest BCUT2D eigenvalue weighted by molar-refractivity contribution is 0.602. The van der Waals surface area contributed by atoms with E-state index in [4.69, 9.17) is 11.6 Å². The molecule has 23 heavy (non-hydrogen) atoms. The van der Waals surface area contributed by atoms with E-state index < -0.39 is 9.84 Å². The van der Waals surface area contributed by atoms with E-state index in [9.17, 15) is 8.42 Å². The number of nitrogens with zero attached hydrogens (tertiary/aromatic N) is 3. The first-order chi connectivity index (χ1) is 11.0. The third kappa shape index (κ3) is 4.52. The molecule has 1 aromatic carbocycles. The predicted molar refractivity (Wildman–Crippen MR) is 89.3 cm³/mol. The van der Waals surface area contributed by atoms with Gasteiger partial charge in [-0.2, -0.15) is 10.1 Å². The molecule has 122 valence electrons. The Balaban J connectivity index is 1.60. The number of halogens is 1. The SMILES string of the molecule is O=S1(=O)CCC(Nc2cnnc(NCc3ccc(Cl)cc3)n2)C1. The number of nitrogens with one attached hydrogen (secondary N) is 2. The summed E-state index contributed by atoms with van der Waals surface area (Å²) in [7, 11) is -2.93. The Morgan fingerprint density at radius 3 is 2.74 bits per heavy atom. The maximum Gasteiger partial charge on any atom is 0.244 e. The molecule has 1 atom stereocenters. The Bertz CT molecular complexity index is 782. The Labute approximate surface area is 139 Å². The van der Waals surface area contributed by atoms with E-state index in [1.165, 1.54) is 6.20 Å². The van der Waals surface area contributed by atoms with Crippen LogP contribution in [0.2, 0.25) is 5.02 Å². The van der Waals surface area contributed by atoms with Gasteiger partial charge in [-0.1, -0.05) is 23.7 Å². The summed E-state index contributed by atoms with van der Waals surface area (Å²) in [6.45, 7) is 0.542. The maximum atomic E-state index is 11.5. The molecule has 0 bridgehead atoms. The van der Waals surface area contributed by atoms with Crippen molar-refractivity contribution in [3.8, 4) is 0 Å². The zero-order valence-corrected chi connectivity index (χ0v) is 13.8. The molecule has 2 heterocycles. The lowest BCUT2D eigenvalue weighted by atomic mass is 10.2. The maximum absolute atomic E-state index is 11.5. The quantitative estimate of drug-likeness (QED) is 0.844. The smallest absolute Gasteiger partial charge is 0.244 e. The standard InChI is InChI=1S/C14H16ClN5O2S/c15-11-3-1-10(2-4-11)7-16-14-19-13(8-17-20-14)18-12-5-6-23(21,22)9-12/h1-4,8,12H,5-7,9H2,(H2,16,18,19,20). The van der Waals surface area contributed by atoms with Crippen molar-refractivity contribution in [3.05, 3.63) is 41.0 Å². The van der Waals surface area contributed by atoms with Crippen LogP contribution in [-0.4, -0.2) is 41.1 Å². The van der Waals surface area contributed by atoms with Gasteiger partial charge in [0.25, 0.3) is 0 Å². The number of hydrogen-bond donors (Lipinski definition) is 2.